The SMILES string of the molecule is C=C(CC(C)CC=O)C1CCC(C)C(C)=C1C(=O)CC. The first kappa shape index (κ1) is 16.9. The number of Topliss-reactive ketones (excluding diaryl/α,β-unsaturated/α-hetero) is 1. The lowest BCUT2D eigenvalue weighted by Gasteiger charge is -2.32. The van der Waals surface area contributed by atoms with Crippen molar-refractivity contribution in [1.29, 1.82) is 0 Å². The summed E-state index contributed by atoms with van der Waals surface area (Å²) in [6, 6.07) is 0. The fourth-order valence-corrected chi connectivity index (χ4v) is 3.17. The Hall–Kier alpha value is -1.18. The summed E-state index contributed by atoms with van der Waals surface area (Å²) >= 11 is 0. The fraction of sp³-hybridized carbons (Fsp3) is 0.667. The van der Waals surface area contributed by atoms with E-state index in [9.17, 15) is 9.59 Å². The van der Waals surface area contributed by atoms with Crippen molar-refractivity contribution in [3.05, 3.63) is 23.3 Å². The zero-order valence-electron chi connectivity index (χ0n) is 13.4. The van der Waals surface area contributed by atoms with Crippen molar-refractivity contribution in [3.8, 4) is 0 Å². The average Bonchev–Trinajstić information content (AvgIpc) is 2.40. The minimum Gasteiger partial charge on any atom is -0.303 e. The Morgan fingerprint density at radius 3 is 2.65 bits per heavy atom. The van der Waals surface area contributed by atoms with Crippen LogP contribution in [0.3, 0.4) is 0 Å². The van der Waals surface area contributed by atoms with Gasteiger partial charge < -0.3 is 4.79 Å². The molecule has 0 saturated carbocycles. The highest BCUT2D eigenvalue weighted by molar-refractivity contribution is 5.97. The van der Waals surface area contributed by atoms with Crippen LogP contribution in [0.5, 0.6) is 0 Å². The van der Waals surface area contributed by atoms with E-state index in [1.54, 1.807) is 0 Å². The number of hydrogen-bond donors (Lipinski definition) is 0. The third-order valence-electron chi connectivity index (χ3n) is 4.62. The van der Waals surface area contributed by atoms with Crippen LogP contribution in [0.25, 0.3) is 0 Å². The van der Waals surface area contributed by atoms with Crippen molar-refractivity contribution in [2.45, 2.75) is 59.8 Å². The first-order valence-electron chi connectivity index (χ1n) is 7.77. The molecule has 0 saturated heterocycles. The minimum atomic E-state index is 0.202. The van der Waals surface area contributed by atoms with E-state index < -0.39 is 0 Å². The molecule has 0 bridgehead atoms. The van der Waals surface area contributed by atoms with E-state index in [2.05, 4.69) is 27.4 Å². The maximum atomic E-state index is 12.3. The predicted octanol–water partition coefficient (Wildman–Crippen LogP) is 4.50. The van der Waals surface area contributed by atoms with Gasteiger partial charge >= 0.3 is 0 Å². The molecular formula is C18H28O2. The normalized spacial score (nSPS) is 24.4. The van der Waals surface area contributed by atoms with E-state index in [1.807, 2.05) is 6.92 Å². The van der Waals surface area contributed by atoms with E-state index in [-0.39, 0.29) is 11.7 Å². The van der Waals surface area contributed by atoms with Gasteiger partial charge in [-0.3, -0.25) is 4.79 Å². The lowest BCUT2D eigenvalue weighted by atomic mass is 9.72. The van der Waals surface area contributed by atoms with Gasteiger partial charge in [-0.15, -0.1) is 0 Å². The van der Waals surface area contributed by atoms with Crippen molar-refractivity contribution in [3.63, 3.8) is 0 Å². The van der Waals surface area contributed by atoms with Gasteiger partial charge in [-0.2, -0.15) is 0 Å². The molecule has 2 nitrogen and oxygen atoms in total. The summed E-state index contributed by atoms with van der Waals surface area (Å²) in [5.41, 5.74) is 3.38. The van der Waals surface area contributed by atoms with Crippen LogP contribution in [0.1, 0.15) is 59.8 Å². The number of ketones is 1. The van der Waals surface area contributed by atoms with Crippen LogP contribution in [-0.4, -0.2) is 12.1 Å². The molecule has 20 heavy (non-hydrogen) atoms. The van der Waals surface area contributed by atoms with Gasteiger partial charge in [0.25, 0.3) is 0 Å². The van der Waals surface area contributed by atoms with Gasteiger partial charge in [0.15, 0.2) is 5.78 Å². The second kappa shape index (κ2) is 7.56. The standard InChI is InChI=1S/C18H28O2/c1-6-17(20)18-15(5)13(3)7-8-16(18)14(4)11-12(2)9-10-19/h10,12-13,16H,4,6-9,11H2,1-3,5H3. The Kier molecular flexibility index (Phi) is 6.38. The molecule has 0 heterocycles. The summed E-state index contributed by atoms with van der Waals surface area (Å²) in [4.78, 5) is 22.9. The highest BCUT2D eigenvalue weighted by Crippen LogP contribution is 2.40. The van der Waals surface area contributed by atoms with Crippen molar-refractivity contribution in [2.24, 2.45) is 17.8 Å². The van der Waals surface area contributed by atoms with Crippen LogP contribution < -0.4 is 0 Å². The van der Waals surface area contributed by atoms with Crippen LogP contribution in [0.4, 0.5) is 0 Å². The Balaban J connectivity index is 2.94. The van der Waals surface area contributed by atoms with Gasteiger partial charge in [0.2, 0.25) is 0 Å². The molecule has 0 amide bonds. The van der Waals surface area contributed by atoms with Crippen molar-refractivity contribution in [2.75, 3.05) is 0 Å². The Labute approximate surface area is 123 Å². The number of carbonyl (C=O) groups is 2. The van der Waals surface area contributed by atoms with Crippen LogP contribution in [0.15, 0.2) is 23.3 Å². The zero-order chi connectivity index (χ0) is 15.3. The second-order valence-electron chi connectivity index (χ2n) is 6.27. The fourth-order valence-electron chi connectivity index (χ4n) is 3.17. The van der Waals surface area contributed by atoms with Crippen molar-refractivity contribution < 1.29 is 9.59 Å². The van der Waals surface area contributed by atoms with E-state index >= 15 is 0 Å². The molecule has 3 unspecified atom stereocenters. The molecular weight excluding hydrogens is 248 g/mol. The number of rotatable bonds is 7. The zero-order valence-corrected chi connectivity index (χ0v) is 13.4. The third-order valence-corrected chi connectivity index (χ3v) is 4.62. The summed E-state index contributed by atoms with van der Waals surface area (Å²) < 4.78 is 0. The molecule has 0 aromatic rings. The Morgan fingerprint density at radius 1 is 1.45 bits per heavy atom. The second-order valence-corrected chi connectivity index (χ2v) is 6.27. The Bertz CT molecular complexity index is 417. The quantitative estimate of drug-likeness (QED) is 0.507. The molecule has 112 valence electrons. The molecule has 0 aliphatic heterocycles. The van der Waals surface area contributed by atoms with Crippen LogP contribution in [0.2, 0.25) is 0 Å². The molecule has 1 rings (SSSR count). The summed E-state index contributed by atoms with van der Waals surface area (Å²) in [5.74, 6) is 1.28. The van der Waals surface area contributed by atoms with Gasteiger partial charge in [-0.25, -0.2) is 0 Å². The molecule has 1 aliphatic carbocycles. The van der Waals surface area contributed by atoms with Gasteiger partial charge in [0.05, 0.1) is 0 Å². The third kappa shape index (κ3) is 3.91. The van der Waals surface area contributed by atoms with Crippen LogP contribution >= 0.6 is 0 Å². The lowest BCUT2D eigenvalue weighted by molar-refractivity contribution is -0.116. The first-order chi connectivity index (χ1) is 9.42. The summed E-state index contributed by atoms with van der Waals surface area (Å²) in [5, 5.41) is 0. The van der Waals surface area contributed by atoms with E-state index in [4.69, 9.17) is 0 Å². The monoisotopic (exact) mass is 276 g/mol. The number of carbonyl (C=O) groups excluding carboxylic acids is 2. The highest BCUT2D eigenvalue weighted by atomic mass is 16.1. The summed E-state index contributed by atoms with van der Waals surface area (Å²) in [6.45, 7) is 12.5. The maximum Gasteiger partial charge on any atom is 0.159 e. The minimum absolute atomic E-state index is 0.202. The van der Waals surface area contributed by atoms with Gasteiger partial charge in [0.1, 0.15) is 6.29 Å². The number of allylic oxidation sites excluding steroid dienone is 3. The van der Waals surface area contributed by atoms with Crippen molar-refractivity contribution >= 4 is 12.1 Å². The topological polar surface area (TPSA) is 34.1 Å². The molecule has 0 N–H and O–H groups in total. The Morgan fingerprint density at radius 2 is 2.10 bits per heavy atom. The smallest absolute Gasteiger partial charge is 0.159 e. The van der Waals surface area contributed by atoms with Gasteiger partial charge in [0, 0.05) is 24.3 Å². The predicted molar refractivity (Wildman–Crippen MR) is 83.5 cm³/mol. The van der Waals surface area contributed by atoms with Gasteiger partial charge in [-0.1, -0.05) is 38.5 Å². The first-order valence-corrected chi connectivity index (χ1v) is 7.77. The molecule has 0 radical (unpaired) electrons. The molecule has 0 aromatic carbocycles. The van der Waals surface area contributed by atoms with E-state index in [1.165, 1.54) is 5.57 Å². The largest absolute Gasteiger partial charge is 0.303 e. The molecule has 2 heteroatoms. The highest BCUT2D eigenvalue weighted by Gasteiger charge is 2.30. The molecule has 0 fully saturated rings. The maximum absolute atomic E-state index is 12.3. The molecule has 0 aromatic heterocycles. The molecule has 1 aliphatic rings. The van der Waals surface area contributed by atoms with Crippen molar-refractivity contribution in [1.82, 2.24) is 0 Å². The summed E-state index contributed by atoms with van der Waals surface area (Å²) in [7, 11) is 0. The van der Waals surface area contributed by atoms with Crippen LogP contribution in [-0.2, 0) is 9.59 Å². The van der Waals surface area contributed by atoms with Gasteiger partial charge in [-0.05, 0) is 38.0 Å². The molecule has 3 atom stereocenters. The summed E-state index contributed by atoms with van der Waals surface area (Å²) in [6.07, 6.45) is 5.09. The van der Waals surface area contributed by atoms with E-state index in [0.717, 1.165) is 36.7 Å². The average molecular weight is 276 g/mol. The lowest BCUT2D eigenvalue weighted by Crippen LogP contribution is -2.24. The number of hydrogen-bond acceptors (Lipinski definition) is 2. The number of aldehydes is 1. The van der Waals surface area contributed by atoms with Crippen LogP contribution in [0, 0.1) is 17.8 Å². The van der Waals surface area contributed by atoms with E-state index in [0.29, 0.717) is 24.7 Å². The molecule has 0 spiro atoms.